The topological polar surface area (TPSA) is 21.3 Å². The van der Waals surface area contributed by atoms with Crippen LogP contribution in [0.3, 0.4) is 0 Å². The Hall–Kier alpha value is -1.07. The van der Waals surface area contributed by atoms with Crippen LogP contribution in [-0.4, -0.2) is 19.8 Å². The largest absolute Gasteiger partial charge is 0.416 e. The van der Waals surface area contributed by atoms with Crippen LogP contribution < -0.4 is 5.32 Å². The van der Waals surface area contributed by atoms with Crippen molar-refractivity contribution in [1.29, 1.82) is 0 Å². The lowest BCUT2D eigenvalue weighted by Crippen LogP contribution is -2.33. The summed E-state index contributed by atoms with van der Waals surface area (Å²) in [5.74, 6) is 0.321. The predicted octanol–water partition coefficient (Wildman–Crippen LogP) is 4.17. The molecule has 1 saturated heterocycles. The zero-order valence-electron chi connectivity index (χ0n) is 12.2. The molecule has 1 aliphatic heterocycles. The van der Waals surface area contributed by atoms with Gasteiger partial charge in [-0.25, -0.2) is 0 Å². The number of hydrogen-bond donors (Lipinski definition) is 1. The highest BCUT2D eigenvalue weighted by atomic mass is 19.4. The van der Waals surface area contributed by atoms with Crippen molar-refractivity contribution < 1.29 is 17.9 Å². The van der Waals surface area contributed by atoms with Gasteiger partial charge in [0.1, 0.15) is 0 Å². The minimum absolute atomic E-state index is 0.0625. The van der Waals surface area contributed by atoms with E-state index in [1.54, 1.807) is 12.1 Å². The molecule has 0 saturated carbocycles. The maximum absolute atomic E-state index is 12.6. The van der Waals surface area contributed by atoms with Crippen molar-refractivity contribution in [1.82, 2.24) is 5.32 Å². The first kappa shape index (κ1) is 16.3. The summed E-state index contributed by atoms with van der Waals surface area (Å²) in [5, 5.41) is 3.45. The van der Waals surface area contributed by atoms with Gasteiger partial charge in [-0.2, -0.15) is 13.2 Å². The summed E-state index contributed by atoms with van der Waals surface area (Å²) in [6.07, 6.45) is -1.23. The monoisotopic (exact) mass is 301 g/mol. The Balaban J connectivity index is 2.15. The molecule has 1 N–H and O–H groups in total. The van der Waals surface area contributed by atoms with Gasteiger partial charge in [0.15, 0.2) is 0 Å². The molecule has 0 aromatic heterocycles. The van der Waals surface area contributed by atoms with Crippen molar-refractivity contribution in [3.8, 4) is 0 Å². The van der Waals surface area contributed by atoms with Gasteiger partial charge in [-0.15, -0.1) is 0 Å². The van der Waals surface area contributed by atoms with E-state index in [0.717, 1.165) is 38.0 Å². The lowest BCUT2D eigenvalue weighted by molar-refractivity contribution is -0.137. The molecule has 2 atom stereocenters. The van der Waals surface area contributed by atoms with Crippen LogP contribution >= 0.6 is 0 Å². The van der Waals surface area contributed by atoms with E-state index in [-0.39, 0.29) is 6.04 Å². The quantitative estimate of drug-likeness (QED) is 0.881. The Morgan fingerprint density at radius 3 is 2.52 bits per heavy atom. The first-order valence-electron chi connectivity index (χ1n) is 7.50. The van der Waals surface area contributed by atoms with Gasteiger partial charge >= 0.3 is 6.18 Å². The van der Waals surface area contributed by atoms with Gasteiger partial charge in [-0.05, 0) is 43.5 Å². The molecule has 21 heavy (non-hydrogen) atoms. The molecule has 2 nitrogen and oxygen atoms in total. The fourth-order valence-corrected chi connectivity index (χ4v) is 2.76. The predicted molar refractivity (Wildman–Crippen MR) is 76.0 cm³/mol. The third-order valence-electron chi connectivity index (χ3n) is 3.88. The first-order chi connectivity index (χ1) is 10.0. The van der Waals surface area contributed by atoms with Crippen LogP contribution in [-0.2, 0) is 10.9 Å². The highest BCUT2D eigenvalue weighted by molar-refractivity contribution is 5.27. The van der Waals surface area contributed by atoms with Crippen molar-refractivity contribution >= 4 is 0 Å². The van der Waals surface area contributed by atoms with Crippen LogP contribution in [0.1, 0.15) is 43.4 Å². The summed E-state index contributed by atoms with van der Waals surface area (Å²) in [5.41, 5.74) is 0.312. The van der Waals surface area contributed by atoms with Crippen LogP contribution in [0.25, 0.3) is 0 Å². The fraction of sp³-hybridized carbons (Fsp3) is 0.625. The van der Waals surface area contributed by atoms with E-state index in [0.29, 0.717) is 12.5 Å². The number of nitrogens with one attached hydrogen (secondary N) is 1. The van der Waals surface area contributed by atoms with Crippen LogP contribution in [0.15, 0.2) is 24.3 Å². The third kappa shape index (κ3) is 4.45. The molecule has 0 spiro atoms. The van der Waals surface area contributed by atoms with Gasteiger partial charge in [-0.3, -0.25) is 0 Å². The van der Waals surface area contributed by atoms with Gasteiger partial charge < -0.3 is 10.1 Å². The van der Waals surface area contributed by atoms with Crippen LogP contribution in [0.5, 0.6) is 0 Å². The molecule has 5 heteroatoms. The van der Waals surface area contributed by atoms with Crippen LogP contribution in [0.2, 0.25) is 0 Å². The standard InChI is InChI=1S/C16H22F3NO/c1-2-9-20-15(13-4-3-10-21-11-13)12-5-7-14(8-6-12)16(17,18)19/h5-8,13,15,20H,2-4,9-11H2,1H3. The van der Waals surface area contributed by atoms with E-state index in [1.807, 2.05) is 0 Å². The maximum atomic E-state index is 12.6. The number of benzene rings is 1. The molecule has 0 bridgehead atoms. The zero-order valence-corrected chi connectivity index (χ0v) is 12.2. The Labute approximate surface area is 123 Å². The number of ether oxygens (including phenoxy) is 1. The lowest BCUT2D eigenvalue weighted by Gasteiger charge is -2.31. The minimum atomic E-state index is -4.28. The summed E-state index contributed by atoms with van der Waals surface area (Å²) < 4.78 is 43.4. The molecular weight excluding hydrogens is 279 g/mol. The maximum Gasteiger partial charge on any atom is 0.416 e. The summed E-state index contributed by atoms with van der Waals surface area (Å²) in [6, 6.07) is 5.57. The molecule has 1 aliphatic rings. The van der Waals surface area contributed by atoms with Crippen molar-refractivity contribution in [3.63, 3.8) is 0 Å². The SMILES string of the molecule is CCCNC(c1ccc(C(F)(F)F)cc1)C1CCCOC1. The second kappa shape index (κ2) is 7.27. The van der Waals surface area contributed by atoms with Gasteiger partial charge in [0, 0.05) is 18.6 Å². The zero-order chi connectivity index (χ0) is 15.3. The van der Waals surface area contributed by atoms with E-state index in [1.165, 1.54) is 12.1 Å². The van der Waals surface area contributed by atoms with E-state index >= 15 is 0 Å². The molecular formula is C16H22F3NO. The summed E-state index contributed by atoms with van der Waals surface area (Å²) >= 11 is 0. The average molecular weight is 301 g/mol. The van der Waals surface area contributed by atoms with Crippen molar-refractivity contribution in [2.24, 2.45) is 5.92 Å². The Morgan fingerprint density at radius 2 is 2.00 bits per heavy atom. The molecule has 1 heterocycles. The van der Waals surface area contributed by atoms with Crippen molar-refractivity contribution in [2.75, 3.05) is 19.8 Å². The summed E-state index contributed by atoms with van der Waals surface area (Å²) in [4.78, 5) is 0. The second-order valence-corrected chi connectivity index (χ2v) is 5.53. The van der Waals surface area contributed by atoms with Crippen molar-refractivity contribution in [2.45, 2.75) is 38.4 Å². The molecule has 2 rings (SSSR count). The van der Waals surface area contributed by atoms with Crippen LogP contribution in [0.4, 0.5) is 13.2 Å². The van der Waals surface area contributed by atoms with E-state index in [9.17, 15) is 13.2 Å². The molecule has 2 unspecified atom stereocenters. The highest BCUT2D eigenvalue weighted by Crippen LogP contribution is 2.33. The molecule has 1 aromatic carbocycles. The average Bonchev–Trinajstić information content (AvgIpc) is 2.48. The Kier molecular flexibility index (Phi) is 5.65. The highest BCUT2D eigenvalue weighted by Gasteiger charge is 2.31. The number of halogens is 3. The van der Waals surface area contributed by atoms with Gasteiger partial charge in [0.05, 0.1) is 12.2 Å². The Morgan fingerprint density at radius 1 is 1.29 bits per heavy atom. The summed E-state index contributed by atoms with van der Waals surface area (Å²) in [7, 11) is 0. The normalized spacial score (nSPS) is 21.2. The second-order valence-electron chi connectivity index (χ2n) is 5.53. The molecule has 0 radical (unpaired) electrons. The van der Waals surface area contributed by atoms with Gasteiger partial charge in [0.2, 0.25) is 0 Å². The minimum Gasteiger partial charge on any atom is -0.381 e. The van der Waals surface area contributed by atoms with E-state index in [2.05, 4.69) is 12.2 Å². The molecule has 0 aliphatic carbocycles. The lowest BCUT2D eigenvalue weighted by atomic mass is 9.88. The van der Waals surface area contributed by atoms with Crippen molar-refractivity contribution in [3.05, 3.63) is 35.4 Å². The molecule has 1 aromatic rings. The molecule has 0 amide bonds. The number of hydrogen-bond acceptors (Lipinski definition) is 2. The molecule has 118 valence electrons. The number of alkyl halides is 3. The smallest absolute Gasteiger partial charge is 0.381 e. The number of rotatable bonds is 5. The fourth-order valence-electron chi connectivity index (χ4n) is 2.76. The Bertz CT molecular complexity index is 424. The summed E-state index contributed by atoms with van der Waals surface area (Å²) in [6.45, 7) is 4.38. The van der Waals surface area contributed by atoms with E-state index in [4.69, 9.17) is 4.74 Å². The molecule has 1 fully saturated rings. The van der Waals surface area contributed by atoms with Gasteiger partial charge in [-0.1, -0.05) is 19.1 Å². The van der Waals surface area contributed by atoms with Crippen LogP contribution in [0, 0.1) is 5.92 Å². The van der Waals surface area contributed by atoms with E-state index < -0.39 is 11.7 Å². The van der Waals surface area contributed by atoms with Gasteiger partial charge in [0.25, 0.3) is 0 Å². The third-order valence-corrected chi connectivity index (χ3v) is 3.88. The first-order valence-corrected chi connectivity index (χ1v) is 7.50.